The van der Waals surface area contributed by atoms with Gasteiger partial charge in [0.1, 0.15) is 0 Å². The van der Waals surface area contributed by atoms with Crippen LogP contribution in [0, 0.1) is 0 Å². The van der Waals surface area contributed by atoms with Crippen LogP contribution in [0.1, 0.15) is 31.2 Å². The number of rotatable bonds is 8. The third-order valence-corrected chi connectivity index (χ3v) is 5.95. The number of aromatic amines is 1. The average molecular weight is 458 g/mol. The molecule has 0 saturated heterocycles. The van der Waals surface area contributed by atoms with Gasteiger partial charge in [0.15, 0.2) is 11.5 Å². The molecule has 0 aliphatic carbocycles. The Kier molecular flexibility index (Phi) is 5.79. The van der Waals surface area contributed by atoms with E-state index in [1.807, 2.05) is 35.0 Å². The molecule has 174 valence electrons. The van der Waals surface area contributed by atoms with Gasteiger partial charge in [0, 0.05) is 47.4 Å². The highest BCUT2D eigenvalue weighted by Gasteiger charge is 2.19. The van der Waals surface area contributed by atoms with E-state index in [2.05, 4.69) is 46.1 Å². The molecular weight excluding hydrogens is 430 g/mol. The van der Waals surface area contributed by atoms with Crippen LogP contribution in [-0.4, -0.2) is 39.0 Å². The van der Waals surface area contributed by atoms with Crippen molar-refractivity contribution in [2.75, 3.05) is 14.2 Å². The van der Waals surface area contributed by atoms with Gasteiger partial charge in [-0.15, -0.1) is 10.2 Å². The van der Waals surface area contributed by atoms with Crippen molar-refractivity contribution in [3.05, 3.63) is 66.6 Å². The van der Waals surface area contributed by atoms with Crippen LogP contribution in [0.2, 0.25) is 0 Å². The van der Waals surface area contributed by atoms with E-state index in [9.17, 15) is 0 Å². The van der Waals surface area contributed by atoms with Crippen LogP contribution in [-0.2, 0) is 13.0 Å². The monoisotopic (exact) mass is 457 g/mol. The first-order valence-electron chi connectivity index (χ1n) is 11.2. The first-order valence-corrected chi connectivity index (χ1v) is 11.2. The summed E-state index contributed by atoms with van der Waals surface area (Å²) in [7, 11) is 3.29. The normalized spacial score (nSPS) is 11.4. The molecule has 8 heteroatoms. The smallest absolute Gasteiger partial charge is 0.247 e. The van der Waals surface area contributed by atoms with Crippen molar-refractivity contribution < 1.29 is 13.9 Å². The van der Waals surface area contributed by atoms with Crippen LogP contribution in [0.4, 0.5) is 0 Å². The van der Waals surface area contributed by atoms with E-state index in [1.165, 1.54) is 5.56 Å². The Morgan fingerprint density at radius 1 is 1.00 bits per heavy atom. The van der Waals surface area contributed by atoms with E-state index < -0.39 is 0 Å². The maximum atomic E-state index is 5.97. The number of fused-ring (bicyclic) bond motifs is 1. The second kappa shape index (κ2) is 9.05. The van der Waals surface area contributed by atoms with Gasteiger partial charge in [-0.1, -0.05) is 13.8 Å². The molecule has 0 aliphatic rings. The number of hydrogen-bond donors (Lipinski definition) is 1. The summed E-state index contributed by atoms with van der Waals surface area (Å²) >= 11 is 0. The van der Waals surface area contributed by atoms with E-state index in [0.717, 1.165) is 34.3 Å². The van der Waals surface area contributed by atoms with E-state index in [4.69, 9.17) is 13.9 Å². The van der Waals surface area contributed by atoms with Crippen LogP contribution < -0.4 is 9.47 Å². The zero-order valence-corrected chi connectivity index (χ0v) is 19.7. The number of methoxy groups -OCH3 is 2. The predicted molar refractivity (Wildman–Crippen MR) is 130 cm³/mol. The second-order valence-electron chi connectivity index (χ2n) is 8.45. The maximum Gasteiger partial charge on any atom is 0.247 e. The maximum absolute atomic E-state index is 5.97. The Labute approximate surface area is 197 Å². The molecule has 3 heterocycles. The highest BCUT2D eigenvalue weighted by molar-refractivity contribution is 5.94. The fourth-order valence-electron chi connectivity index (χ4n) is 4.28. The predicted octanol–water partition coefficient (Wildman–Crippen LogP) is 5.46. The van der Waals surface area contributed by atoms with Crippen molar-refractivity contribution in [3.8, 4) is 34.2 Å². The van der Waals surface area contributed by atoms with Crippen molar-refractivity contribution in [3.63, 3.8) is 0 Å². The molecule has 5 aromatic rings. The molecule has 0 atom stereocenters. The Morgan fingerprint density at radius 2 is 1.82 bits per heavy atom. The van der Waals surface area contributed by atoms with Crippen molar-refractivity contribution in [1.82, 2.24) is 24.7 Å². The lowest BCUT2D eigenvalue weighted by Gasteiger charge is -2.12. The lowest BCUT2D eigenvalue weighted by Crippen LogP contribution is -1.98. The van der Waals surface area contributed by atoms with E-state index in [0.29, 0.717) is 35.6 Å². The molecule has 0 spiro atoms. The summed E-state index contributed by atoms with van der Waals surface area (Å²) in [4.78, 5) is 7.66. The van der Waals surface area contributed by atoms with Crippen LogP contribution >= 0.6 is 0 Å². The number of imidazole rings is 1. The molecule has 8 nitrogen and oxygen atoms in total. The van der Waals surface area contributed by atoms with Crippen LogP contribution in [0.25, 0.3) is 33.6 Å². The number of aryl methyl sites for hydroxylation is 2. The van der Waals surface area contributed by atoms with Crippen molar-refractivity contribution in [2.45, 2.75) is 32.7 Å². The van der Waals surface area contributed by atoms with Gasteiger partial charge in [0.2, 0.25) is 11.8 Å². The van der Waals surface area contributed by atoms with Gasteiger partial charge in [-0.05, 0) is 47.9 Å². The molecule has 2 aromatic carbocycles. The van der Waals surface area contributed by atoms with Gasteiger partial charge >= 0.3 is 0 Å². The topological polar surface area (TPSA) is 91.0 Å². The first-order chi connectivity index (χ1) is 16.6. The molecule has 34 heavy (non-hydrogen) atoms. The first kappa shape index (κ1) is 21.8. The molecule has 1 N–H and O–H groups in total. The summed E-state index contributed by atoms with van der Waals surface area (Å²) < 4.78 is 18.9. The molecule has 3 aromatic heterocycles. The summed E-state index contributed by atoms with van der Waals surface area (Å²) in [5, 5.41) is 9.66. The quantitative estimate of drug-likeness (QED) is 0.332. The van der Waals surface area contributed by atoms with Gasteiger partial charge in [0.25, 0.3) is 0 Å². The van der Waals surface area contributed by atoms with Gasteiger partial charge in [-0.25, -0.2) is 4.98 Å². The molecule has 0 fully saturated rings. The van der Waals surface area contributed by atoms with Crippen molar-refractivity contribution in [1.29, 1.82) is 0 Å². The number of hydrogen-bond acceptors (Lipinski definition) is 6. The number of nitrogens with zero attached hydrogens (tertiary/aromatic N) is 4. The Bertz CT molecular complexity index is 1420. The van der Waals surface area contributed by atoms with Crippen LogP contribution in [0.15, 0.2) is 59.5 Å². The number of aromatic nitrogens is 5. The summed E-state index contributed by atoms with van der Waals surface area (Å²) in [6.07, 6.45) is 6.10. The highest BCUT2D eigenvalue weighted by atomic mass is 16.5. The minimum Gasteiger partial charge on any atom is -0.493 e. The fourth-order valence-corrected chi connectivity index (χ4v) is 4.28. The van der Waals surface area contributed by atoms with Gasteiger partial charge in [-0.2, -0.15) is 0 Å². The minimum absolute atomic E-state index is 0.292. The average Bonchev–Trinajstić information content (AvgIpc) is 3.61. The summed E-state index contributed by atoms with van der Waals surface area (Å²) in [6, 6.07) is 12.2. The summed E-state index contributed by atoms with van der Waals surface area (Å²) in [5.74, 6) is 2.82. The largest absolute Gasteiger partial charge is 0.493 e. The van der Waals surface area contributed by atoms with E-state index in [-0.39, 0.29) is 0 Å². The minimum atomic E-state index is 0.292. The molecule has 0 aliphatic heterocycles. The molecule has 0 bridgehead atoms. The van der Waals surface area contributed by atoms with Crippen LogP contribution in [0.3, 0.4) is 0 Å². The number of nitrogens with one attached hydrogen (secondary N) is 1. The molecule has 0 saturated carbocycles. The molecule has 0 amide bonds. The zero-order chi connectivity index (χ0) is 23.7. The SMILES string of the molecule is COc1ccc(-c2[nH]c3ccc(-c4nnc(CCn5ccnc5)o4)cc3c2C(C)C)cc1OC. The number of H-pyrrole nitrogens is 1. The van der Waals surface area contributed by atoms with E-state index >= 15 is 0 Å². The van der Waals surface area contributed by atoms with Crippen molar-refractivity contribution >= 4 is 10.9 Å². The third-order valence-electron chi connectivity index (χ3n) is 5.95. The zero-order valence-electron chi connectivity index (χ0n) is 19.7. The second-order valence-corrected chi connectivity index (χ2v) is 8.45. The standard InChI is InChI=1S/C26H27N5O3/c1-16(2)24-19-13-18(26-30-29-23(34-26)9-11-31-12-10-27-15-31)5-7-20(19)28-25(24)17-6-8-21(32-3)22(14-17)33-4/h5-8,10,12-16,28H,9,11H2,1-4H3. The van der Waals surface area contributed by atoms with Gasteiger partial charge in [0.05, 0.1) is 26.2 Å². The Balaban J connectivity index is 1.51. The third kappa shape index (κ3) is 4.03. The summed E-state index contributed by atoms with van der Waals surface area (Å²) in [6.45, 7) is 5.13. The highest BCUT2D eigenvalue weighted by Crippen LogP contribution is 2.40. The molecule has 0 unspecified atom stereocenters. The molecule has 5 rings (SSSR count). The Hall–Kier alpha value is -4.07. The molecule has 0 radical (unpaired) electrons. The number of ether oxygens (including phenoxy) is 2. The van der Waals surface area contributed by atoms with Gasteiger partial charge in [-0.3, -0.25) is 0 Å². The summed E-state index contributed by atoms with van der Waals surface area (Å²) in [5.41, 5.74) is 5.28. The van der Waals surface area contributed by atoms with Crippen LogP contribution in [0.5, 0.6) is 11.5 Å². The van der Waals surface area contributed by atoms with Crippen molar-refractivity contribution in [2.24, 2.45) is 0 Å². The van der Waals surface area contributed by atoms with E-state index in [1.54, 1.807) is 26.7 Å². The lowest BCUT2D eigenvalue weighted by atomic mass is 9.95. The lowest BCUT2D eigenvalue weighted by molar-refractivity contribution is 0.355. The Morgan fingerprint density at radius 3 is 2.56 bits per heavy atom. The van der Waals surface area contributed by atoms with Gasteiger partial charge < -0.3 is 23.4 Å². The fraction of sp³-hybridized carbons (Fsp3) is 0.269. The number of benzene rings is 2. The molecular formula is C26H27N5O3.